The van der Waals surface area contributed by atoms with Gasteiger partial charge in [-0.3, -0.25) is 9.52 Å². The van der Waals surface area contributed by atoms with Crippen LogP contribution in [0.3, 0.4) is 0 Å². The van der Waals surface area contributed by atoms with Crippen molar-refractivity contribution in [1.29, 1.82) is 0 Å². The van der Waals surface area contributed by atoms with E-state index in [0.29, 0.717) is 5.02 Å². The van der Waals surface area contributed by atoms with Crippen LogP contribution in [-0.4, -0.2) is 28.0 Å². The van der Waals surface area contributed by atoms with Gasteiger partial charge in [-0.15, -0.1) is 0 Å². The first-order valence-corrected chi connectivity index (χ1v) is 12.6. The lowest BCUT2D eigenvalue weighted by atomic mass is 10.2. The first-order chi connectivity index (χ1) is 15.5. The van der Waals surface area contributed by atoms with Crippen LogP contribution < -0.4 is 14.8 Å². The van der Waals surface area contributed by atoms with Crippen LogP contribution in [-0.2, 0) is 20.0 Å². The molecule has 172 valence electrons. The lowest BCUT2D eigenvalue weighted by Crippen LogP contribution is -2.34. The molecule has 0 saturated heterocycles. The standard InChI is InChI=1S/C21H18ClN3O6S2/c1-14-6-12-17(13-7-14)32(28,29)25-21(27)23-18-4-2-3-5-19(18)24-33(30,31)20(26)15-8-10-16(22)11-9-15/h2-13,24H,1H3,(H2,23,25,27). The van der Waals surface area contributed by atoms with Gasteiger partial charge in [0.25, 0.3) is 15.1 Å². The summed E-state index contributed by atoms with van der Waals surface area (Å²) in [6.45, 7) is 1.78. The van der Waals surface area contributed by atoms with Crippen molar-refractivity contribution < 1.29 is 26.4 Å². The molecule has 0 aliphatic rings. The van der Waals surface area contributed by atoms with E-state index in [1.807, 2.05) is 4.72 Å². The van der Waals surface area contributed by atoms with Gasteiger partial charge in [-0.2, -0.15) is 8.42 Å². The third-order valence-corrected chi connectivity index (χ3v) is 7.11. The van der Waals surface area contributed by atoms with Crippen molar-refractivity contribution >= 4 is 54.2 Å². The second kappa shape index (κ2) is 9.61. The van der Waals surface area contributed by atoms with Crippen LogP contribution >= 0.6 is 11.6 Å². The van der Waals surface area contributed by atoms with Crippen LogP contribution in [0, 0.1) is 6.92 Å². The molecule has 0 fully saturated rings. The topological polar surface area (TPSA) is 139 Å². The van der Waals surface area contributed by atoms with E-state index in [2.05, 4.69) is 10.0 Å². The molecular weight excluding hydrogens is 490 g/mol. The molecule has 2 amide bonds. The molecule has 33 heavy (non-hydrogen) atoms. The summed E-state index contributed by atoms with van der Waals surface area (Å²) in [7, 11) is -8.70. The minimum Gasteiger partial charge on any atom is -0.305 e. The number of hydrogen-bond donors (Lipinski definition) is 3. The monoisotopic (exact) mass is 507 g/mol. The van der Waals surface area contributed by atoms with E-state index < -0.39 is 31.2 Å². The summed E-state index contributed by atoms with van der Waals surface area (Å²) in [5, 5.41) is 1.40. The molecule has 0 atom stereocenters. The molecule has 9 nitrogen and oxygen atoms in total. The average Bonchev–Trinajstić information content (AvgIpc) is 2.75. The Hall–Kier alpha value is -3.41. The minimum absolute atomic E-state index is 0.0680. The van der Waals surface area contributed by atoms with E-state index in [9.17, 15) is 26.4 Å². The highest BCUT2D eigenvalue weighted by Crippen LogP contribution is 2.24. The van der Waals surface area contributed by atoms with Gasteiger partial charge in [-0.1, -0.05) is 41.4 Å². The predicted octanol–water partition coefficient (Wildman–Crippen LogP) is 3.74. The Morgan fingerprint density at radius 3 is 1.97 bits per heavy atom. The zero-order valence-corrected chi connectivity index (χ0v) is 19.5. The summed E-state index contributed by atoms with van der Waals surface area (Å²) in [5.74, 6) is 0. The Balaban J connectivity index is 1.77. The fourth-order valence-electron chi connectivity index (χ4n) is 2.66. The van der Waals surface area contributed by atoms with Gasteiger partial charge in [0.1, 0.15) is 0 Å². The summed E-state index contributed by atoms with van der Waals surface area (Å²) in [6.07, 6.45) is 0. The molecule has 0 radical (unpaired) electrons. The Bertz CT molecular complexity index is 1410. The lowest BCUT2D eigenvalue weighted by Gasteiger charge is -2.14. The zero-order chi connectivity index (χ0) is 24.2. The van der Waals surface area contributed by atoms with Crippen molar-refractivity contribution in [3.63, 3.8) is 0 Å². The first kappa shape index (κ1) is 24.2. The molecule has 3 aromatic rings. The van der Waals surface area contributed by atoms with Crippen LogP contribution in [0.4, 0.5) is 16.2 Å². The number of aryl methyl sites for hydroxylation is 1. The molecule has 12 heteroatoms. The molecular formula is C21H18ClN3O6S2. The molecule has 0 unspecified atom stereocenters. The molecule has 0 heterocycles. The number of carbonyl (C=O) groups is 2. The second-order valence-corrected chi connectivity index (χ2v) is 10.5. The molecule has 0 aliphatic carbocycles. The molecule has 3 rings (SSSR count). The summed E-state index contributed by atoms with van der Waals surface area (Å²) < 4.78 is 53.8. The smallest absolute Gasteiger partial charge is 0.305 e. The van der Waals surface area contributed by atoms with Gasteiger partial charge in [0.05, 0.1) is 16.3 Å². The number of amides is 2. The number of urea groups is 1. The van der Waals surface area contributed by atoms with Gasteiger partial charge >= 0.3 is 16.1 Å². The fraction of sp³-hybridized carbons (Fsp3) is 0.0476. The minimum atomic E-state index is -4.54. The number of hydrogen-bond acceptors (Lipinski definition) is 6. The van der Waals surface area contributed by atoms with Gasteiger partial charge in [0.2, 0.25) is 0 Å². The van der Waals surface area contributed by atoms with Crippen LogP contribution in [0.15, 0.2) is 77.7 Å². The second-order valence-electron chi connectivity index (χ2n) is 6.82. The lowest BCUT2D eigenvalue weighted by molar-refractivity contribution is 0.107. The maximum atomic E-state index is 12.5. The van der Waals surface area contributed by atoms with E-state index in [0.717, 1.165) is 5.56 Å². The first-order valence-electron chi connectivity index (χ1n) is 9.30. The Morgan fingerprint density at radius 1 is 0.788 bits per heavy atom. The molecule has 0 aliphatic heterocycles. The predicted molar refractivity (Wildman–Crippen MR) is 125 cm³/mol. The van der Waals surface area contributed by atoms with E-state index >= 15 is 0 Å². The van der Waals surface area contributed by atoms with Gasteiger partial charge in [0.15, 0.2) is 0 Å². The summed E-state index contributed by atoms with van der Waals surface area (Å²) in [4.78, 5) is 24.6. The summed E-state index contributed by atoms with van der Waals surface area (Å²) >= 11 is 5.76. The van der Waals surface area contributed by atoms with Crippen LogP contribution in [0.25, 0.3) is 0 Å². The average molecular weight is 508 g/mol. The van der Waals surface area contributed by atoms with E-state index in [1.54, 1.807) is 19.1 Å². The van der Waals surface area contributed by atoms with Crippen molar-refractivity contribution in [2.75, 3.05) is 10.0 Å². The van der Waals surface area contributed by atoms with Crippen molar-refractivity contribution in [2.45, 2.75) is 11.8 Å². The maximum Gasteiger partial charge on any atom is 0.333 e. The van der Waals surface area contributed by atoms with Crippen molar-refractivity contribution in [1.82, 2.24) is 4.72 Å². The highest BCUT2D eigenvalue weighted by molar-refractivity contribution is 8.07. The van der Waals surface area contributed by atoms with Crippen LogP contribution in [0.2, 0.25) is 5.02 Å². The normalized spacial score (nSPS) is 11.5. The molecule has 0 saturated carbocycles. The Kier molecular flexibility index (Phi) is 7.06. The number of para-hydroxylation sites is 2. The number of sulfonamides is 2. The van der Waals surface area contributed by atoms with Crippen LogP contribution in [0.1, 0.15) is 15.9 Å². The van der Waals surface area contributed by atoms with E-state index in [1.165, 1.54) is 60.7 Å². The highest BCUT2D eigenvalue weighted by Gasteiger charge is 2.25. The van der Waals surface area contributed by atoms with Gasteiger partial charge < -0.3 is 5.32 Å². The summed E-state index contributed by atoms with van der Waals surface area (Å²) in [6, 6.07) is 15.6. The fourth-order valence-corrected chi connectivity index (χ4v) is 4.70. The number of benzene rings is 3. The number of rotatable bonds is 6. The quantitative estimate of drug-likeness (QED) is 0.464. The molecule has 3 aromatic carbocycles. The molecule has 0 aromatic heterocycles. The Morgan fingerprint density at radius 2 is 1.36 bits per heavy atom. The van der Waals surface area contributed by atoms with Crippen LogP contribution in [0.5, 0.6) is 0 Å². The summed E-state index contributed by atoms with van der Waals surface area (Å²) in [5.41, 5.74) is 0.524. The van der Waals surface area contributed by atoms with Crippen molar-refractivity contribution in [3.8, 4) is 0 Å². The van der Waals surface area contributed by atoms with Crippen molar-refractivity contribution in [3.05, 3.63) is 88.9 Å². The SMILES string of the molecule is Cc1ccc(S(=O)(=O)NC(=O)Nc2ccccc2NS(=O)(=O)C(=O)c2ccc(Cl)cc2)cc1. The zero-order valence-electron chi connectivity index (χ0n) is 17.1. The third kappa shape index (κ3) is 6.09. The van der Waals surface area contributed by atoms with Gasteiger partial charge in [-0.05, 0) is 55.5 Å². The molecule has 0 bridgehead atoms. The number of anilines is 2. The number of halogens is 1. The van der Waals surface area contributed by atoms with Gasteiger partial charge in [0, 0.05) is 10.6 Å². The molecule has 0 spiro atoms. The highest BCUT2D eigenvalue weighted by atomic mass is 35.5. The maximum absolute atomic E-state index is 12.5. The largest absolute Gasteiger partial charge is 0.333 e. The third-order valence-electron chi connectivity index (χ3n) is 4.30. The number of nitrogens with one attached hydrogen (secondary N) is 3. The molecule has 3 N–H and O–H groups in total. The van der Waals surface area contributed by atoms with Gasteiger partial charge in [-0.25, -0.2) is 17.9 Å². The van der Waals surface area contributed by atoms with E-state index in [-0.39, 0.29) is 21.8 Å². The van der Waals surface area contributed by atoms with Crippen molar-refractivity contribution in [2.24, 2.45) is 0 Å². The van der Waals surface area contributed by atoms with E-state index in [4.69, 9.17) is 11.6 Å². The Labute approximate surface area is 195 Å². The number of carbonyl (C=O) groups excluding carboxylic acids is 2.